The smallest absolute Gasteiger partial charge is 0.252 e. The molecule has 2 rings (SSSR count). The van der Waals surface area contributed by atoms with Gasteiger partial charge in [0.15, 0.2) is 0 Å². The Morgan fingerprint density at radius 2 is 2.33 bits per heavy atom. The lowest BCUT2D eigenvalue weighted by Gasteiger charge is -2.21. The van der Waals surface area contributed by atoms with E-state index in [1.165, 1.54) is 0 Å². The molecule has 1 saturated heterocycles. The average Bonchev–Trinajstić information content (AvgIpc) is 2.81. The zero-order valence-electron chi connectivity index (χ0n) is 8.57. The van der Waals surface area contributed by atoms with Crippen LogP contribution in [-0.4, -0.2) is 25.7 Å². The molecule has 0 saturated carbocycles. The van der Waals surface area contributed by atoms with Crippen LogP contribution in [0, 0.1) is 5.92 Å². The number of carbonyl (C=O) groups is 1. The summed E-state index contributed by atoms with van der Waals surface area (Å²) in [5.41, 5.74) is 0.770. The topological polar surface area (TPSA) is 38.3 Å². The monoisotopic (exact) mass is 225 g/mol. The lowest BCUT2D eigenvalue weighted by atomic mass is 10.0. The van der Waals surface area contributed by atoms with E-state index in [9.17, 15) is 4.79 Å². The second-order valence-corrected chi connectivity index (χ2v) is 4.56. The van der Waals surface area contributed by atoms with Crippen molar-refractivity contribution in [2.45, 2.75) is 12.8 Å². The summed E-state index contributed by atoms with van der Waals surface area (Å²) in [6.45, 7) is 2.44. The van der Waals surface area contributed by atoms with E-state index in [4.69, 9.17) is 4.74 Å². The first-order valence-corrected chi connectivity index (χ1v) is 6.18. The van der Waals surface area contributed by atoms with E-state index in [0.717, 1.165) is 38.2 Å². The van der Waals surface area contributed by atoms with E-state index in [1.54, 1.807) is 11.3 Å². The van der Waals surface area contributed by atoms with Crippen molar-refractivity contribution in [3.63, 3.8) is 0 Å². The van der Waals surface area contributed by atoms with Crippen LogP contribution < -0.4 is 5.32 Å². The number of hydrogen-bond donors (Lipinski definition) is 1. The van der Waals surface area contributed by atoms with Crippen molar-refractivity contribution >= 4 is 17.2 Å². The number of rotatable bonds is 3. The van der Waals surface area contributed by atoms with Crippen molar-refractivity contribution < 1.29 is 9.53 Å². The van der Waals surface area contributed by atoms with E-state index in [-0.39, 0.29) is 5.91 Å². The second-order valence-electron chi connectivity index (χ2n) is 3.78. The molecule has 1 fully saturated rings. The predicted molar refractivity (Wildman–Crippen MR) is 60.2 cm³/mol. The fourth-order valence-electron chi connectivity index (χ4n) is 1.68. The Kier molecular flexibility index (Phi) is 3.75. The minimum absolute atomic E-state index is 0.0442. The Bertz CT molecular complexity index is 304. The van der Waals surface area contributed by atoms with Gasteiger partial charge in [-0.15, -0.1) is 0 Å². The fraction of sp³-hybridized carbons (Fsp3) is 0.545. The Morgan fingerprint density at radius 3 is 3.00 bits per heavy atom. The SMILES string of the molecule is O=C(NCC1CCOCC1)c1ccsc1. The van der Waals surface area contributed by atoms with Crippen LogP contribution in [0.15, 0.2) is 16.8 Å². The van der Waals surface area contributed by atoms with Gasteiger partial charge < -0.3 is 10.1 Å². The highest BCUT2D eigenvalue weighted by Crippen LogP contribution is 2.13. The van der Waals surface area contributed by atoms with Crippen molar-refractivity contribution in [1.29, 1.82) is 0 Å². The molecule has 3 nitrogen and oxygen atoms in total. The molecular weight excluding hydrogens is 210 g/mol. The van der Waals surface area contributed by atoms with Crippen LogP contribution in [0.5, 0.6) is 0 Å². The molecule has 1 amide bonds. The third kappa shape index (κ3) is 3.04. The molecule has 1 N–H and O–H groups in total. The summed E-state index contributed by atoms with van der Waals surface area (Å²) in [4.78, 5) is 11.6. The third-order valence-corrected chi connectivity index (χ3v) is 3.36. The summed E-state index contributed by atoms with van der Waals surface area (Å²) < 4.78 is 5.27. The molecule has 15 heavy (non-hydrogen) atoms. The molecule has 1 aromatic heterocycles. The van der Waals surface area contributed by atoms with E-state index in [1.807, 2.05) is 16.8 Å². The van der Waals surface area contributed by atoms with Crippen molar-refractivity contribution in [3.8, 4) is 0 Å². The van der Waals surface area contributed by atoms with Gasteiger partial charge in [-0.2, -0.15) is 11.3 Å². The number of amides is 1. The van der Waals surface area contributed by atoms with Crippen LogP contribution in [-0.2, 0) is 4.74 Å². The minimum atomic E-state index is 0.0442. The van der Waals surface area contributed by atoms with Crippen molar-refractivity contribution in [1.82, 2.24) is 5.32 Å². The Morgan fingerprint density at radius 1 is 1.53 bits per heavy atom. The largest absolute Gasteiger partial charge is 0.381 e. The molecule has 82 valence electrons. The predicted octanol–water partition coefficient (Wildman–Crippen LogP) is 1.90. The van der Waals surface area contributed by atoms with Crippen molar-refractivity contribution in [2.24, 2.45) is 5.92 Å². The van der Waals surface area contributed by atoms with Gasteiger partial charge in [0.2, 0.25) is 0 Å². The second kappa shape index (κ2) is 5.28. The molecule has 2 heterocycles. The van der Waals surface area contributed by atoms with Crippen LogP contribution in [0.25, 0.3) is 0 Å². The van der Waals surface area contributed by atoms with E-state index < -0.39 is 0 Å². The summed E-state index contributed by atoms with van der Waals surface area (Å²) in [5.74, 6) is 0.629. The highest BCUT2D eigenvalue weighted by molar-refractivity contribution is 7.08. The molecular formula is C11H15NO2S. The first-order valence-electron chi connectivity index (χ1n) is 5.24. The van der Waals surface area contributed by atoms with Crippen molar-refractivity contribution in [2.75, 3.05) is 19.8 Å². The van der Waals surface area contributed by atoms with Gasteiger partial charge in [0, 0.05) is 30.7 Å². The number of nitrogens with one attached hydrogen (secondary N) is 1. The Balaban J connectivity index is 1.75. The molecule has 1 aliphatic rings. The third-order valence-electron chi connectivity index (χ3n) is 2.68. The van der Waals surface area contributed by atoms with Gasteiger partial charge in [-0.3, -0.25) is 4.79 Å². The molecule has 0 atom stereocenters. The van der Waals surface area contributed by atoms with Gasteiger partial charge in [0.25, 0.3) is 5.91 Å². The maximum Gasteiger partial charge on any atom is 0.252 e. The van der Waals surface area contributed by atoms with Crippen molar-refractivity contribution in [3.05, 3.63) is 22.4 Å². The maximum atomic E-state index is 11.6. The number of thiophene rings is 1. The molecule has 0 bridgehead atoms. The molecule has 0 spiro atoms. The summed E-state index contributed by atoms with van der Waals surface area (Å²) >= 11 is 1.55. The molecule has 0 aliphatic carbocycles. The standard InChI is InChI=1S/C11H15NO2S/c13-11(10-3-6-15-8-10)12-7-9-1-4-14-5-2-9/h3,6,8-9H,1-2,4-5,7H2,(H,12,13). The molecule has 0 radical (unpaired) electrons. The normalized spacial score (nSPS) is 17.6. The molecule has 1 aromatic rings. The highest BCUT2D eigenvalue weighted by atomic mass is 32.1. The van der Waals surface area contributed by atoms with Crippen LogP contribution in [0.1, 0.15) is 23.2 Å². The lowest BCUT2D eigenvalue weighted by molar-refractivity contribution is 0.0643. The first kappa shape index (κ1) is 10.6. The van der Waals surface area contributed by atoms with E-state index in [0.29, 0.717) is 5.92 Å². The summed E-state index contributed by atoms with van der Waals surface area (Å²) in [6, 6.07) is 1.85. The summed E-state index contributed by atoms with van der Waals surface area (Å²) in [7, 11) is 0. The van der Waals surface area contributed by atoms with E-state index in [2.05, 4.69) is 5.32 Å². The molecule has 0 aromatic carbocycles. The highest BCUT2D eigenvalue weighted by Gasteiger charge is 2.15. The van der Waals surface area contributed by atoms with Gasteiger partial charge >= 0.3 is 0 Å². The quantitative estimate of drug-likeness (QED) is 0.853. The average molecular weight is 225 g/mol. The summed E-state index contributed by atoms with van der Waals surface area (Å²) in [5, 5.41) is 6.76. The Hall–Kier alpha value is -0.870. The van der Waals surface area contributed by atoms with Gasteiger partial charge in [-0.1, -0.05) is 0 Å². The number of ether oxygens (including phenoxy) is 1. The number of hydrogen-bond acceptors (Lipinski definition) is 3. The van der Waals surface area contributed by atoms with Gasteiger partial charge in [0.05, 0.1) is 0 Å². The first-order chi connectivity index (χ1) is 7.36. The Labute approximate surface area is 93.4 Å². The number of carbonyl (C=O) groups excluding carboxylic acids is 1. The zero-order chi connectivity index (χ0) is 10.5. The van der Waals surface area contributed by atoms with E-state index >= 15 is 0 Å². The van der Waals surface area contributed by atoms with Crippen LogP contribution >= 0.6 is 11.3 Å². The molecule has 4 heteroatoms. The lowest BCUT2D eigenvalue weighted by Crippen LogP contribution is -2.31. The summed E-state index contributed by atoms with van der Waals surface area (Å²) in [6.07, 6.45) is 2.12. The van der Waals surface area contributed by atoms with Crippen LogP contribution in [0.4, 0.5) is 0 Å². The molecule has 1 aliphatic heterocycles. The molecule has 0 unspecified atom stereocenters. The van der Waals surface area contributed by atoms with Gasteiger partial charge in [-0.05, 0) is 30.2 Å². The van der Waals surface area contributed by atoms with Gasteiger partial charge in [-0.25, -0.2) is 0 Å². The van der Waals surface area contributed by atoms with Crippen LogP contribution in [0.2, 0.25) is 0 Å². The van der Waals surface area contributed by atoms with Crippen LogP contribution in [0.3, 0.4) is 0 Å². The van der Waals surface area contributed by atoms with Gasteiger partial charge in [0.1, 0.15) is 0 Å². The maximum absolute atomic E-state index is 11.6. The minimum Gasteiger partial charge on any atom is -0.381 e. The fourth-order valence-corrected chi connectivity index (χ4v) is 2.32. The zero-order valence-corrected chi connectivity index (χ0v) is 9.39.